The van der Waals surface area contributed by atoms with Gasteiger partial charge >= 0.3 is 12.2 Å². The van der Waals surface area contributed by atoms with Gasteiger partial charge in [-0.2, -0.15) is 0 Å². The second-order valence-corrected chi connectivity index (χ2v) is 18.3. The standard InChI is InChI=1S/C45H53F3N8O7/c1-21(2)35(53-42(59)61-7)40(57)55-20-45(47,48)17-32(55)38-49-19-31(52-38)26-15-34-28(16-29(26)46)44(5,6)27-14-23(10-12-33(27)63-34)30-18-50-39(51-30)37-24-9-11-25(13-24)56(37)41(58)36(22(3)4)54-43(60)62-8/h10,12,14-16,18-19,21-22,24-25,32,35-37H,9,11,13,17,20H2,1-8H3,(H,49,52)(H,50,51)(H,53,59)(H,54,60)/t24?,25?,32-,35-,36-,37?/m0/s1. The van der Waals surface area contributed by atoms with Crippen molar-refractivity contribution in [2.45, 2.75) is 109 Å². The lowest BCUT2D eigenvalue weighted by Gasteiger charge is -2.37. The molecule has 2 aromatic heterocycles. The SMILES string of the molecule is COC(=O)N[C@H](C(=O)N1C2CCC(C2)C1c1nc(-c2ccc3c(c2)C(C)(C)c2cc(F)c(-c4cnc([C@@H]5CC(F)(F)CN5C(=O)[C@@H](NC(=O)OC)C(C)C)[nH]4)cc2O3)c[nH]1)C(C)C. The van der Waals surface area contributed by atoms with Gasteiger partial charge in [0.15, 0.2) is 0 Å². The first kappa shape index (κ1) is 43.6. The third-order valence-electron chi connectivity index (χ3n) is 13.2. The second kappa shape index (κ2) is 16.2. The van der Waals surface area contributed by atoms with Crippen molar-refractivity contribution in [3.63, 3.8) is 0 Å². The number of nitrogens with zero attached hydrogens (tertiary/aromatic N) is 4. The van der Waals surface area contributed by atoms with E-state index in [2.05, 4.69) is 30.3 Å². The van der Waals surface area contributed by atoms with Crippen LogP contribution in [0.15, 0.2) is 42.7 Å². The number of alkyl halides is 2. The normalized spacial score (nSPS) is 22.6. The molecule has 1 aliphatic carbocycles. The highest BCUT2D eigenvalue weighted by Crippen LogP contribution is 2.52. The van der Waals surface area contributed by atoms with E-state index in [1.54, 1.807) is 19.9 Å². The molecule has 2 saturated heterocycles. The molecular weight excluding hydrogens is 822 g/mol. The zero-order valence-corrected chi connectivity index (χ0v) is 36.5. The van der Waals surface area contributed by atoms with Crippen LogP contribution in [0.4, 0.5) is 22.8 Å². The monoisotopic (exact) mass is 874 g/mol. The Morgan fingerprint density at radius 1 is 0.905 bits per heavy atom. The van der Waals surface area contributed by atoms with Crippen LogP contribution in [0.1, 0.15) is 102 Å². The fourth-order valence-electron chi connectivity index (χ4n) is 9.83. The van der Waals surface area contributed by atoms with E-state index < -0.39 is 72.3 Å². The molecule has 3 fully saturated rings. The number of amides is 4. The number of hydrogen-bond acceptors (Lipinski definition) is 9. The fourth-order valence-corrected chi connectivity index (χ4v) is 9.83. The predicted octanol–water partition coefficient (Wildman–Crippen LogP) is 7.76. The zero-order chi connectivity index (χ0) is 45.3. The number of ether oxygens (including phenoxy) is 3. The summed E-state index contributed by atoms with van der Waals surface area (Å²) in [5.74, 6) is -3.44. The van der Waals surface area contributed by atoms with Crippen LogP contribution in [0.2, 0.25) is 0 Å². The third kappa shape index (κ3) is 7.85. The Bertz CT molecular complexity index is 2450. The van der Waals surface area contributed by atoms with Crippen molar-refractivity contribution in [2.75, 3.05) is 20.8 Å². The first-order valence-electron chi connectivity index (χ1n) is 21.3. The number of halogens is 3. The van der Waals surface area contributed by atoms with Crippen molar-refractivity contribution in [1.82, 2.24) is 40.4 Å². The minimum absolute atomic E-state index is 0.0435. The molecule has 2 bridgehead atoms. The van der Waals surface area contributed by atoms with E-state index in [1.165, 1.54) is 19.4 Å². The number of carbonyl (C=O) groups excluding carboxylic acids is 4. The molecule has 4 aromatic rings. The number of aromatic amines is 2. The molecular formula is C45H53F3N8O7. The topological polar surface area (TPSA) is 184 Å². The molecule has 2 aromatic carbocycles. The van der Waals surface area contributed by atoms with Crippen LogP contribution in [-0.4, -0.2) is 98.5 Å². The summed E-state index contributed by atoms with van der Waals surface area (Å²) in [5.41, 5.74) is 2.38. The van der Waals surface area contributed by atoms with Gasteiger partial charge in [-0.25, -0.2) is 32.7 Å². The maximum Gasteiger partial charge on any atom is 0.407 e. The van der Waals surface area contributed by atoms with Gasteiger partial charge in [0.05, 0.1) is 50.4 Å². The van der Waals surface area contributed by atoms with Crippen molar-refractivity contribution in [1.29, 1.82) is 0 Å². The summed E-state index contributed by atoms with van der Waals surface area (Å²) in [5, 5.41) is 5.17. The molecule has 5 heterocycles. The average molecular weight is 875 g/mol. The van der Waals surface area contributed by atoms with Crippen LogP contribution < -0.4 is 15.4 Å². The fraction of sp³-hybridized carbons (Fsp3) is 0.511. The van der Waals surface area contributed by atoms with E-state index >= 15 is 4.39 Å². The molecule has 6 atom stereocenters. The van der Waals surface area contributed by atoms with E-state index in [4.69, 9.17) is 14.5 Å². The van der Waals surface area contributed by atoms with E-state index in [-0.39, 0.29) is 46.9 Å². The minimum Gasteiger partial charge on any atom is -0.457 e. The highest BCUT2D eigenvalue weighted by molar-refractivity contribution is 5.87. The van der Waals surface area contributed by atoms with Gasteiger partial charge in [-0.3, -0.25) is 9.59 Å². The molecule has 63 heavy (non-hydrogen) atoms. The van der Waals surface area contributed by atoms with Crippen molar-refractivity contribution in [3.8, 4) is 34.0 Å². The van der Waals surface area contributed by atoms with Crippen LogP contribution in [0.25, 0.3) is 22.5 Å². The van der Waals surface area contributed by atoms with E-state index in [1.807, 2.05) is 57.0 Å². The van der Waals surface area contributed by atoms with Gasteiger partial charge in [-0.1, -0.05) is 41.5 Å². The van der Waals surface area contributed by atoms with Crippen molar-refractivity contribution in [3.05, 3.63) is 71.3 Å². The molecule has 4 N–H and O–H groups in total. The number of H-pyrrole nitrogens is 2. The number of carbonyl (C=O) groups is 4. The number of rotatable bonds is 10. The highest BCUT2D eigenvalue weighted by atomic mass is 19.3. The van der Waals surface area contributed by atoms with Gasteiger partial charge in [-0.05, 0) is 67.3 Å². The van der Waals surface area contributed by atoms with Gasteiger partial charge in [0, 0.05) is 46.3 Å². The second-order valence-electron chi connectivity index (χ2n) is 18.3. The summed E-state index contributed by atoms with van der Waals surface area (Å²) in [7, 11) is 2.42. The lowest BCUT2D eigenvalue weighted by Crippen LogP contribution is -2.54. The average Bonchev–Trinajstić information content (AvgIpc) is 4.10. The Morgan fingerprint density at radius 2 is 1.57 bits per heavy atom. The smallest absolute Gasteiger partial charge is 0.407 e. The van der Waals surface area contributed by atoms with Crippen LogP contribution in [0.5, 0.6) is 11.5 Å². The number of aromatic nitrogens is 4. The Balaban J connectivity index is 1.04. The maximum absolute atomic E-state index is 16.3. The Morgan fingerprint density at radius 3 is 2.24 bits per heavy atom. The molecule has 3 unspecified atom stereocenters. The Labute approximate surface area is 362 Å². The van der Waals surface area contributed by atoms with Gasteiger partial charge in [-0.15, -0.1) is 0 Å². The number of piperidine rings is 1. The number of hydrogen-bond donors (Lipinski definition) is 4. The lowest BCUT2D eigenvalue weighted by molar-refractivity contribution is -0.139. The van der Waals surface area contributed by atoms with Crippen LogP contribution in [0, 0.1) is 23.6 Å². The summed E-state index contributed by atoms with van der Waals surface area (Å²) in [6, 6.07) is 5.35. The number of alkyl carbamates (subject to hydrolysis) is 2. The minimum atomic E-state index is -3.23. The summed E-state index contributed by atoms with van der Waals surface area (Å²) in [6.45, 7) is 10.2. The van der Waals surface area contributed by atoms with Crippen LogP contribution >= 0.6 is 0 Å². The molecule has 336 valence electrons. The summed E-state index contributed by atoms with van der Waals surface area (Å²) >= 11 is 0. The molecule has 1 saturated carbocycles. The van der Waals surface area contributed by atoms with E-state index in [0.29, 0.717) is 28.6 Å². The number of benzene rings is 2. The first-order chi connectivity index (χ1) is 29.8. The van der Waals surface area contributed by atoms with Gasteiger partial charge in [0.2, 0.25) is 11.8 Å². The number of methoxy groups -OCH3 is 2. The predicted molar refractivity (Wildman–Crippen MR) is 223 cm³/mol. The van der Waals surface area contributed by atoms with Crippen LogP contribution in [0.3, 0.4) is 0 Å². The summed E-state index contributed by atoms with van der Waals surface area (Å²) in [6.07, 6.45) is 3.62. The molecule has 18 heteroatoms. The number of imidazole rings is 2. The van der Waals surface area contributed by atoms with Crippen molar-refractivity contribution in [2.24, 2.45) is 17.8 Å². The lowest BCUT2D eigenvalue weighted by atomic mass is 9.75. The number of fused-ring (bicyclic) bond motifs is 4. The molecule has 15 nitrogen and oxygen atoms in total. The van der Waals surface area contributed by atoms with Crippen molar-refractivity contribution < 1.29 is 46.6 Å². The Kier molecular flexibility index (Phi) is 11.2. The molecule has 4 amide bonds. The highest BCUT2D eigenvalue weighted by Gasteiger charge is 2.52. The van der Waals surface area contributed by atoms with Gasteiger partial charge in [0.1, 0.15) is 41.0 Å². The quantitative estimate of drug-likeness (QED) is 0.124. The van der Waals surface area contributed by atoms with E-state index in [9.17, 15) is 28.0 Å². The number of nitrogens with one attached hydrogen (secondary N) is 4. The van der Waals surface area contributed by atoms with E-state index in [0.717, 1.165) is 42.4 Å². The van der Waals surface area contributed by atoms with Crippen LogP contribution in [-0.2, 0) is 24.5 Å². The largest absolute Gasteiger partial charge is 0.457 e. The maximum atomic E-state index is 16.3. The summed E-state index contributed by atoms with van der Waals surface area (Å²) in [4.78, 5) is 70.4. The molecule has 0 spiro atoms. The molecule has 8 rings (SSSR count). The Hall–Kier alpha value is -6.07. The van der Waals surface area contributed by atoms with Crippen molar-refractivity contribution >= 4 is 24.0 Å². The molecule has 0 radical (unpaired) electrons. The van der Waals surface area contributed by atoms with Gasteiger partial charge < -0.3 is 44.6 Å². The zero-order valence-electron chi connectivity index (χ0n) is 36.5. The summed E-state index contributed by atoms with van der Waals surface area (Å²) < 4.78 is 62.0. The molecule has 3 aliphatic heterocycles. The first-order valence-corrected chi connectivity index (χ1v) is 21.3. The van der Waals surface area contributed by atoms with Gasteiger partial charge in [0.25, 0.3) is 5.92 Å². The third-order valence-corrected chi connectivity index (χ3v) is 13.2. The molecule has 4 aliphatic rings. The number of likely N-dealkylation sites (tertiary alicyclic amines) is 2.